The third-order valence-electron chi connectivity index (χ3n) is 1.43. The van der Waals surface area contributed by atoms with Gasteiger partial charge in [0.15, 0.2) is 12.8 Å². The number of methoxy groups -OCH3 is 1. The van der Waals surface area contributed by atoms with Crippen LogP contribution in [-0.4, -0.2) is 38.2 Å². The van der Waals surface area contributed by atoms with Crippen LogP contribution in [-0.2, 0) is 4.74 Å². The van der Waals surface area contributed by atoms with E-state index in [-0.39, 0.29) is 0 Å². The maximum atomic E-state index is 12.4. The van der Waals surface area contributed by atoms with Crippen molar-refractivity contribution >= 4 is 0 Å². The van der Waals surface area contributed by atoms with Gasteiger partial charge in [-0.3, -0.25) is 0 Å². The van der Waals surface area contributed by atoms with Gasteiger partial charge in [-0.1, -0.05) is 0 Å². The molecular weight excluding hydrogens is 221 g/mol. The highest BCUT2D eigenvalue weighted by atomic mass is 19.4. The third-order valence-corrected chi connectivity index (χ3v) is 1.43. The minimum Gasteiger partial charge on any atom is -0.372 e. The molecule has 0 bridgehead atoms. The molecule has 0 spiro atoms. The monoisotopic (exact) mass is 228 g/mol. The summed E-state index contributed by atoms with van der Waals surface area (Å²) in [5.74, 6) is -4.50. The molecule has 0 heterocycles. The Morgan fingerprint density at radius 3 is 1.79 bits per heavy atom. The molecule has 0 aromatic heterocycles. The van der Waals surface area contributed by atoms with E-state index in [1.54, 1.807) is 0 Å². The topological polar surface area (TPSA) is 9.23 Å². The summed E-state index contributed by atoms with van der Waals surface area (Å²) < 4.78 is 87.2. The van der Waals surface area contributed by atoms with E-state index in [1.807, 2.05) is 0 Å². The average Bonchev–Trinajstić information content (AvgIpc) is 2.03. The molecule has 0 saturated carbocycles. The van der Waals surface area contributed by atoms with Crippen molar-refractivity contribution in [3.05, 3.63) is 0 Å². The molecule has 0 aliphatic heterocycles. The highest BCUT2D eigenvalue weighted by molar-refractivity contribution is 4.87. The summed E-state index contributed by atoms with van der Waals surface area (Å²) in [5.41, 5.74) is 0. The fraction of sp³-hybridized carbons (Fsp3) is 1.00. The molecular formula is C6H7F7O. The molecule has 2 atom stereocenters. The van der Waals surface area contributed by atoms with E-state index in [9.17, 15) is 30.7 Å². The van der Waals surface area contributed by atoms with Gasteiger partial charge in [0.05, 0.1) is 0 Å². The highest BCUT2D eigenvalue weighted by Gasteiger charge is 2.56. The Hall–Kier alpha value is -0.530. The predicted octanol–water partition coefficient (Wildman–Crippen LogP) is 2.51. The SMILES string of the molecule is COC(C(F)C(F)(F)F)C(F)(F)CF. The first-order valence-corrected chi connectivity index (χ1v) is 3.34. The molecule has 1 nitrogen and oxygen atoms in total. The molecule has 86 valence electrons. The number of hydrogen-bond acceptors (Lipinski definition) is 1. The fourth-order valence-corrected chi connectivity index (χ4v) is 0.754. The van der Waals surface area contributed by atoms with Crippen LogP contribution in [0.2, 0.25) is 0 Å². The summed E-state index contributed by atoms with van der Waals surface area (Å²) in [4.78, 5) is 0. The zero-order valence-electron chi connectivity index (χ0n) is 6.92. The second kappa shape index (κ2) is 4.33. The van der Waals surface area contributed by atoms with Crippen LogP contribution in [0, 0.1) is 0 Å². The molecule has 0 fully saturated rings. The lowest BCUT2D eigenvalue weighted by Gasteiger charge is -2.27. The number of hydrogen-bond donors (Lipinski definition) is 0. The van der Waals surface area contributed by atoms with Crippen molar-refractivity contribution in [1.29, 1.82) is 0 Å². The molecule has 0 radical (unpaired) electrons. The fourth-order valence-electron chi connectivity index (χ4n) is 0.754. The Morgan fingerprint density at radius 1 is 1.14 bits per heavy atom. The molecule has 0 aromatic carbocycles. The van der Waals surface area contributed by atoms with Crippen molar-refractivity contribution in [3.8, 4) is 0 Å². The molecule has 2 unspecified atom stereocenters. The van der Waals surface area contributed by atoms with Gasteiger partial charge in [0.2, 0.25) is 6.17 Å². The first kappa shape index (κ1) is 13.5. The van der Waals surface area contributed by atoms with Crippen LogP contribution in [0.15, 0.2) is 0 Å². The minimum absolute atomic E-state index is 0.451. The normalized spacial score (nSPS) is 18.0. The summed E-state index contributed by atoms with van der Waals surface area (Å²) in [7, 11) is 0.451. The summed E-state index contributed by atoms with van der Waals surface area (Å²) in [5, 5.41) is 0. The molecule has 0 aliphatic carbocycles. The Labute approximate surface area is 74.8 Å². The molecule has 0 amide bonds. The predicted molar refractivity (Wildman–Crippen MR) is 32.7 cm³/mol. The maximum Gasteiger partial charge on any atom is 0.422 e. The second-order valence-electron chi connectivity index (χ2n) is 2.49. The summed E-state index contributed by atoms with van der Waals surface area (Å²) >= 11 is 0. The van der Waals surface area contributed by atoms with Crippen LogP contribution >= 0.6 is 0 Å². The van der Waals surface area contributed by atoms with Crippen molar-refractivity contribution in [2.45, 2.75) is 24.4 Å². The Kier molecular flexibility index (Phi) is 4.16. The number of ether oxygens (including phenoxy) is 1. The van der Waals surface area contributed by atoms with Crippen LogP contribution in [0.5, 0.6) is 0 Å². The van der Waals surface area contributed by atoms with Crippen molar-refractivity contribution in [2.24, 2.45) is 0 Å². The maximum absolute atomic E-state index is 12.4. The van der Waals surface area contributed by atoms with Crippen molar-refractivity contribution < 1.29 is 35.5 Å². The van der Waals surface area contributed by atoms with Gasteiger partial charge in [-0.05, 0) is 0 Å². The van der Waals surface area contributed by atoms with Gasteiger partial charge in [-0.25, -0.2) is 17.6 Å². The number of alkyl halides is 7. The van der Waals surface area contributed by atoms with E-state index in [0.717, 1.165) is 0 Å². The van der Waals surface area contributed by atoms with E-state index in [2.05, 4.69) is 4.74 Å². The van der Waals surface area contributed by atoms with Crippen molar-refractivity contribution in [2.75, 3.05) is 13.8 Å². The lowest BCUT2D eigenvalue weighted by atomic mass is 10.1. The zero-order valence-corrected chi connectivity index (χ0v) is 6.92. The molecule has 0 aromatic rings. The van der Waals surface area contributed by atoms with E-state index >= 15 is 0 Å². The molecule has 14 heavy (non-hydrogen) atoms. The van der Waals surface area contributed by atoms with Gasteiger partial charge >= 0.3 is 12.1 Å². The second-order valence-corrected chi connectivity index (χ2v) is 2.49. The third kappa shape index (κ3) is 3.00. The Morgan fingerprint density at radius 2 is 1.57 bits per heavy atom. The lowest BCUT2D eigenvalue weighted by Crippen LogP contribution is -2.49. The van der Waals surface area contributed by atoms with Gasteiger partial charge in [-0.15, -0.1) is 0 Å². The molecule has 0 N–H and O–H groups in total. The van der Waals surface area contributed by atoms with Gasteiger partial charge in [0.1, 0.15) is 0 Å². The lowest BCUT2D eigenvalue weighted by molar-refractivity contribution is -0.250. The Bertz CT molecular complexity index is 178. The van der Waals surface area contributed by atoms with Gasteiger partial charge < -0.3 is 4.74 Å². The van der Waals surface area contributed by atoms with Crippen LogP contribution in [0.3, 0.4) is 0 Å². The van der Waals surface area contributed by atoms with E-state index in [0.29, 0.717) is 7.11 Å². The summed E-state index contributed by atoms with van der Waals surface area (Å²) in [6.07, 6.45) is -12.6. The van der Waals surface area contributed by atoms with Gasteiger partial charge in [0, 0.05) is 7.11 Å². The number of rotatable bonds is 4. The largest absolute Gasteiger partial charge is 0.422 e. The first-order chi connectivity index (χ1) is 6.16. The molecule has 0 saturated heterocycles. The van der Waals surface area contributed by atoms with Crippen LogP contribution < -0.4 is 0 Å². The average molecular weight is 228 g/mol. The van der Waals surface area contributed by atoms with Gasteiger partial charge in [0.25, 0.3) is 0 Å². The molecule has 0 aliphatic rings. The van der Waals surface area contributed by atoms with Crippen LogP contribution in [0.1, 0.15) is 0 Å². The van der Waals surface area contributed by atoms with Crippen LogP contribution in [0.4, 0.5) is 30.7 Å². The highest BCUT2D eigenvalue weighted by Crippen LogP contribution is 2.34. The van der Waals surface area contributed by atoms with Crippen molar-refractivity contribution in [1.82, 2.24) is 0 Å². The molecule has 0 rings (SSSR count). The standard InChI is InChI=1S/C6H7F7O/c1-14-4(5(9,10)2-7)3(8)6(11,12)13/h3-4H,2H2,1H3. The first-order valence-electron chi connectivity index (χ1n) is 3.34. The Balaban J connectivity index is 4.73. The van der Waals surface area contributed by atoms with E-state index in [1.165, 1.54) is 0 Å². The summed E-state index contributed by atoms with van der Waals surface area (Å²) in [6, 6.07) is 0. The van der Waals surface area contributed by atoms with Gasteiger partial charge in [-0.2, -0.15) is 13.2 Å². The van der Waals surface area contributed by atoms with E-state index < -0.39 is 31.0 Å². The van der Waals surface area contributed by atoms with E-state index in [4.69, 9.17) is 0 Å². The van der Waals surface area contributed by atoms with Crippen LogP contribution in [0.25, 0.3) is 0 Å². The minimum atomic E-state index is -5.50. The number of halogens is 7. The van der Waals surface area contributed by atoms with Crippen molar-refractivity contribution in [3.63, 3.8) is 0 Å². The smallest absolute Gasteiger partial charge is 0.372 e. The quantitative estimate of drug-likeness (QED) is 0.672. The summed E-state index contributed by atoms with van der Waals surface area (Å²) in [6.45, 7) is -2.41. The zero-order chi connectivity index (χ0) is 11.6. The molecule has 8 heteroatoms.